The third-order valence-corrected chi connectivity index (χ3v) is 4.83. The molecule has 0 spiro atoms. The van der Waals surface area contributed by atoms with Crippen LogP contribution in [0.5, 0.6) is 0 Å². The minimum absolute atomic E-state index is 0.108. The van der Waals surface area contributed by atoms with E-state index in [0.29, 0.717) is 6.54 Å². The molecule has 0 fully saturated rings. The fourth-order valence-electron chi connectivity index (χ4n) is 2.13. The van der Waals surface area contributed by atoms with E-state index in [2.05, 4.69) is 22.6 Å². The van der Waals surface area contributed by atoms with Gasteiger partial charge in [-0.2, -0.15) is 0 Å². The van der Waals surface area contributed by atoms with Crippen molar-refractivity contribution in [3.63, 3.8) is 0 Å². The zero-order chi connectivity index (χ0) is 17.1. The van der Waals surface area contributed by atoms with Crippen LogP contribution in [0, 0.1) is 5.41 Å². The van der Waals surface area contributed by atoms with Crippen LogP contribution in [0.15, 0.2) is 6.20 Å². The summed E-state index contributed by atoms with van der Waals surface area (Å²) in [5, 5.41) is 11.7. The van der Waals surface area contributed by atoms with Crippen molar-refractivity contribution < 1.29 is 4.79 Å². The molecule has 22 heavy (non-hydrogen) atoms. The van der Waals surface area contributed by atoms with E-state index < -0.39 is 11.0 Å². The second-order valence-corrected chi connectivity index (χ2v) is 7.13. The Morgan fingerprint density at radius 3 is 2.45 bits per heavy atom. The number of nitrogens with one attached hydrogen (secondary N) is 1. The summed E-state index contributed by atoms with van der Waals surface area (Å²) < 4.78 is 1.81. The average Bonchev–Trinajstić information content (AvgIpc) is 2.92. The molecule has 1 N–H and O–H groups in total. The zero-order valence-corrected chi connectivity index (χ0v) is 15.3. The lowest BCUT2D eigenvalue weighted by atomic mass is 9.73. The molecular formula is C16H31N5O. The highest BCUT2D eigenvalue weighted by Gasteiger charge is 2.47. The monoisotopic (exact) mass is 309 g/mol. The van der Waals surface area contributed by atoms with E-state index >= 15 is 0 Å². The van der Waals surface area contributed by atoms with Crippen LogP contribution in [0.2, 0.25) is 0 Å². The number of hydrogen-bond donors (Lipinski definition) is 1. The molecule has 1 amide bonds. The molecule has 0 saturated carbocycles. The van der Waals surface area contributed by atoms with E-state index in [-0.39, 0.29) is 11.9 Å². The first kappa shape index (κ1) is 18.6. The van der Waals surface area contributed by atoms with E-state index in [1.807, 2.05) is 59.5 Å². The van der Waals surface area contributed by atoms with E-state index in [9.17, 15) is 4.79 Å². The molecule has 1 heterocycles. The Labute approximate surface area is 134 Å². The number of nitrogens with zero attached hydrogens (tertiary/aromatic N) is 4. The van der Waals surface area contributed by atoms with Crippen molar-refractivity contribution in [2.75, 3.05) is 13.6 Å². The summed E-state index contributed by atoms with van der Waals surface area (Å²) in [5.41, 5.74) is -0.199. The van der Waals surface area contributed by atoms with Gasteiger partial charge in [0.05, 0.1) is 22.8 Å². The molecule has 0 aliphatic carbocycles. The predicted octanol–water partition coefficient (Wildman–Crippen LogP) is 2.02. The molecule has 0 atom stereocenters. The van der Waals surface area contributed by atoms with Crippen LogP contribution in [0.3, 0.4) is 0 Å². The first-order chi connectivity index (χ1) is 10.1. The van der Waals surface area contributed by atoms with Gasteiger partial charge < -0.3 is 10.2 Å². The molecule has 0 aromatic carbocycles. The van der Waals surface area contributed by atoms with E-state index in [1.165, 1.54) is 0 Å². The van der Waals surface area contributed by atoms with E-state index in [1.54, 1.807) is 4.90 Å². The fraction of sp³-hybridized carbons (Fsp3) is 0.812. The molecule has 1 aromatic rings. The van der Waals surface area contributed by atoms with Crippen LogP contribution < -0.4 is 5.32 Å². The maximum absolute atomic E-state index is 12.9. The SMILES string of the molecule is CCNCc1cn(C(C)(C)C(C)(C)C(=O)N(C)C(C)C)nn1. The van der Waals surface area contributed by atoms with Crippen LogP contribution in [-0.4, -0.2) is 45.4 Å². The quantitative estimate of drug-likeness (QED) is 0.837. The smallest absolute Gasteiger partial charge is 0.230 e. The third kappa shape index (κ3) is 3.48. The largest absolute Gasteiger partial charge is 0.343 e. The molecule has 0 unspecified atom stereocenters. The fourth-order valence-corrected chi connectivity index (χ4v) is 2.13. The Morgan fingerprint density at radius 2 is 1.95 bits per heavy atom. The topological polar surface area (TPSA) is 63.1 Å². The Morgan fingerprint density at radius 1 is 1.36 bits per heavy atom. The molecule has 6 nitrogen and oxygen atoms in total. The Kier molecular flexibility index (Phi) is 5.73. The summed E-state index contributed by atoms with van der Waals surface area (Å²) in [6, 6.07) is 0.169. The number of aromatic nitrogens is 3. The van der Waals surface area contributed by atoms with Gasteiger partial charge in [-0.3, -0.25) is 4.79 Å². The summed E-state index contributed by atoms with van der Waals surface area (Å²) in [7, 11) is 1.85. The first-order valence-corrected chi connectivity index (χ1v) is 7.95. The summed E-state index contributed by atoms with van der Waals surface area (Å²) in [4.78, 5) is 14.6. The van der Waals surface area contributed by atoms with Crippen molar-refractivity contribution >= 4 is 5.91 Å². The highest BCUT2D eigenvalue weighted by molar-refractivity contribution is 5.83. The van der Waals surface area contributed by atoms with Crippen molar-refractivity contribution in [1.82, 2.24) is 25.2 Å². The van der Waals surface area contributed by atoms with Crippen molar-refractivity contribution in [1.29, 1.82) is 0 Å². The number of rotatable bonds is 7. The lowest BCUT2D eigenvalue weighted by molar-refractivity contribution is -0.146. The lowest BCUT2D eigenvalue weighted by Crippen LogP contribution is -2.53. The molecule has 6 heteroatoms. The molecule has 0 aliphatic heterocycles. The Bertz CT molecular complexity index is 504. The number of carbonyl (C=O) groups is 1. The zero-order valence-electron chi connectivity index (χ0n) is 15.3. The summed E-state index contributed by atoms with van der Waals surface area (Å²) >= 11 is 0. The molecule has 1 rings (SSSR count). The molecule has 0 radical (unpaired) electrons. The Balaban J connectivity index is 3.05. The predicted molar refractivity (Wildman–Crippen MR) is 88.4 cm³/mol. The van der Waals surface area contributed by atoms with Gasteiger partial charge in [0.2, 0.25) is 5.91 Å². The van der Waals surface area contributed by atoms with Gasteiger partial charge in [-0.15, -0.1) is 5.10 Å². The van der Waals surface area contributed by atoms with Crippen molar-refractivity contribution in [3.05, 3.63) is 11.9 Å². The normalized spacial score (nSPS) is 12.8. The van der Waals surface area contributed by atoms with Gasteiger partial charge >= 0.3 is 0 Å². The molecule has 0 aliphatic rings. The van der Waals surface area contributed by atoms with Gasteiger partial charge in [0, 0.05) is 19.6 Å². The lowest BCUT2D eigenvalue weighted by Gasteiger charge is -2.42. The number of carbonyl (C=O) groups excluding carboxylic acids is 1. The minimum atomic E-state index is -0.602. The van der Waals surface area contributed by atoms with E-state index in [0.717, 1.165) is 12.2 Å². The van der Waals surface area contributed by atoms with Gasteiger partial charge in [-0.05, 0) is 48.1 Å². The molecule has 0 saturated heterocycles. The maximum Gasteiger partial charge on any atom is 0.230 e. The van der Waals surface area contributed by atoms with Gasteiger partial charge in [0.25, 0.3) is 0 Å². The highest BCUT2D eigenvalue weighted by Crippen LogP contribution is 2.38. The summed E-state index contributed by atoms with van der Waals surface area (Å²) in [5.74, 6) is 0.108. The van der Waals surface area contributed by atoms with Crippen molar-refractivity contribution in [2.45, 2.75) is 66.6 Å². The van der Waals surface area contributed by atoms with Gasteiger partial charge in [-0.1, -0.05) is 12.1 Å². The van der Waals surface area contributed by atoms with Gasteiger partial charge in [-0.25, -0.2) is 4.68 Å². The first-order valence-electron chi connectivity index (χ1n) is 7.95. The second-order valence-electron chi connectivity index (χ2n) is 7.13. The maximum atomic E-state index is 12.9. The number of amides is 1. The van der Waals surface area contributed by atoms with Crippen LogP contribution in [0.1, 0.15) is 54.2 Å². The van der Waals surface area contributed by atoms with Gasteiger partial charge in [0.1, 0.15) is 0 Å². The van der Waals surface area contributed by atoms with Crippen LogP contribution in [0.25, 0.3) is 0 Å². The molecule has 1 aromatic heterocycles. The average molecular weight is 309 g/mol. The van der Waals surface area contributed by atoms with Gasteiger partial charge in [0.15, 0.2) is 0 Å². The molecular weight excluding hydrogens is 278 g/mol. The van der Waals surface area contributed by atoms with Crippen LogP contribution in [0.4, 0.5) is 0 Å². The Hall–Kier alpha value is -1.43. The van der Waals surface area contributed by atoms with Crippen LogP contribution in [-0.2, 0) is 16.9 Å². The van der Waals surface area contributed by atoms with Crippen LogP contribution >= 0.6 is 0 Å². The second kappa shape index (κ2) is 6.77. The standard InChI is InChI=1S/C16H31N5O/c1-9-17-10-13-11-21(19-18-13)16(6,7)15(4,5)14(22)20(8)12(2)3/h11-12,17H,9-10H2,1-8H3. The van der Waals surface area contributed by atoms with E-state index in [4.69, 9.17) is 0 Å². The minimum Gasteiger partial charge on any atom is -0.343 e. The number of hydrogen-bond acceptors (Lipinski definition) is 4. The van der Waals surface area contributed by atoms with Crippen molar-refractivity contribution in [3.8, 4) is 0 Å². The van der Waals surface area contributed by atoms with Crippen molar-refractivity contribution in [2.24, 2.45) is 5.41 Å². The summed E-state index contributed by atoms with van der Waals surface area (Å²) in [6.07, 6.45) is 1.92. The molecule has 126 valence electrons. The summed E-state index contributed by atoms with van der Waals surface area (Å²) in [6.45, 7) is 15.7. The molecule has 0 bridgehead atoms. The third-order valence-electron chi connectivity index (χ3n) is 4.83. The highest BCUT2D eigenvalue weighted by atomic mass is 16.2.